The maximum absolute atomic E-state index is 11.8. The Morgan fingerprint density at radius 2 is 2.05 bits per heavy atom. The summed E-state index contributed by atoms with van der Waals surface area (Å²) in [6, 6.07) is 3.42. The van der Waals surface area contributed by atoms with E-state index in [1.165, 1.54) is 7.11 Å². The number of likely N-dealkylation sites (N-methyl/N-ethyl adjacent to an activating group) is 1. The van der Waals surface area contributed by atoms with Gasteiger partial charge in [-0.25, -0.2) is 4.79 Å². The molecule has 0 amide bonds. The van der Waals surface area contributed by atoms with Gasteiger partial charge in [0.2, 0.25) is 0 Å². The second-order valence-electron chi connectivity index (χ2n) is 4.42. The maximum Gasteiger partial charge on any atom is 0.341 e. The van der Waals surface area contributed by atoms with E-state index in [1.54, 1.807) is 6.07 Å². The lowest BCUT2D eigenvalue weighted by Gasteiger charge is -2.16. The number of carbonyl (C=O) groups is 1. The van der Waals surface area contributed by atoms with Gasteiger partial charge in [-0.2, -0.15) is 0 Å². The van der Waals surface area contributed by atoms with Crippen molar-refractivity contribution in [1.29, 1.82) is 0 Å². The molecule has 106 valence electrons. The van der Waals surface area contributed by atoms with E-state index in [4.69, 9.17) is 21.1 Å². The van der Waals surface area contributed by atoms with Crippen LogP contribution >= 0.6 is 11.6 Å². The predicted molar refractivity (Wildman–Crippen MR) is 76.2 cm³/mol. The van der Waals surface area contributed by atoms with Crippen LogP contribution in [0.4, 0.5) is 0 Å². The largest absolute Gasteiger partial charge is 0.493 e. The van der Waals surface area contributed by atoms with Crippen LogP contribution in [0.1, 0.15) is 22.8 Å². The highest BCUT2D eigenvalue weighted by Gasteiger charge is 2.18. The number of halogens is 1. The molecule has 0 atom stereocenters. The Balaban J connectivity index is 3.19. The molecule has 0 aliphatic heterocycles. The number of rotatable bonds is 6. The quantitative estimate of drug-likeness (QED) is 0.753. The number of nitrogens with zero attached hydrogens (tertiary/aromatic N) is 1. The van der Waals surface area contributed by atoms with Crippen molar-refractivity contribution in [2.24, 2.45) is 0 Å². The second kappa shape index (κ2) is 7.36. The Labute approximate surface area is 119 Å². The van der Waals surface area contributed by atoms with Gasteiger partial charge in [0.25, 0.3) is 0 Å². The van der Waals surface area contributed by atoms with E-state index in [9.17, 15) is 4.79 Å². The molecule has 0 saturated carbocycles. The minimum atomic E-state index is -0.433. The number of carbonyl (C=O) groups excluding carboxylic acids is 1. The lowest BCUT2D eigenvalue weighted by Crippen LogP contribution is -2.16. The van der Waals surface area contributed by atoms with Crippen molar-refractivity contribution in [3.63, 3.8) is 0 Å². The third-order valence-corrected chi connectivity index (χ3v) is 2.87. The monoisotopic (exact) mass is 285 g/mol. The molecule has 4 nitrogen and oxygen atoms in total. The maximum atomic E-state index is 11.8. The SMILES string of the molecule is CCOc1c(CCN(C)C)cc(Cl)cc1C(=O)OC. The predicted octanol–water partition coefficient (Wildman–Crippen LogP) is 2.63. The molecule has 0 saturated heterocycles. The van der Waals surface area contributed by atoms with Gasteiger partial charge in [0.15, 0.2) is 0 Å². The Hall–Kier alpha value is -1.26. The summed E-state index contributed by atoms with van der Waals surface area (Å²) in [5.41, 5.74) is 1.30. The fourth-order valence-electron chi connectivity index (χ4n) is 1.76. The van der Waals surface area contributed by atoms with Crippen molar-refractivity contribution in [3.8, 4) is 5.75 Å². The van der Waals surface area contributed by atoms with E-state index >= 15 is 0 Å². The number of ether oxygens (including phenoxy) is 2. The van der Waals surface area contributed by atoms with Crippen LogP contribution in [0.2, 0.25) is 5.02 Å². The highest BCUT2D eigenvalue weighted by atomic mass is 35.5. The zero-order valence-corrected chi connectivity index (χ0v) is 12.6. The number of esters is 1. The van der Waals surface area contributed by atoms with Crippen LogP contribution in [-0.4, -0.2) is 45.2 Å². The molecule has 0 radical (unpaired) electrons. The van der Waals surface area contributed by atoms with Gasteiger partial charge >= 0.3 is 5.97 Å². The molecule has 1 aromatic rings. The van der Waals surface area contributed by atoms with Crippen molar-refractivity contribution in [3.05, 3.63) is 28.3 Å². The lowest BCUT2D eigenvalue weighted by molar-refractivity contribution is 0.0596. The summed E-state index contributed by atoms with van der Waals surface area (Å²) >= 11 is 6.06. The Morgan fingerprint density at radius 3 is 2.58 bits per heavy atom. The first-order valence-electron chi connectivity index (χ1n) is 6.17. The number of hydrogen-bond acceptors (Lipinski definition) is 4. The molecule has 0 heterocycles. The van der Waals surface area contributed by atoms with Crippen molar-refractivity contribution < 1.29 is 14.3 Å². The zero-order chi connectivity index (χ0) is 14.4. The average Bonchev–Trinajstić information content (AvgIpc) is 2.37. The van der Waals surface area contributed by atoms with Gasteiger partial charge in [-0.05, 0) is 45.1 Å². The van der Waals surface area contributed by atoms with Gasteiger partial charge in [-0.1, -0.05) is 11.6 Å². The second-order valence-corrected chi connectivity index (χ2v) is 4.86. The van der Waals surface area contributed by atoms with Gasteiger partial charge in [-0.15, -0.1) is 0 Å². The van der Waals surface area contributed by atoms with E-state index in [0.717, 1.165) is 18.5 Å². The topological polar surface area (TPSA) is 38.8 Å². The van der Waals surface area contributed by atoms with Crippen LogP contribution in [0, 0.1) is 0 Å². The van der Waals surface area contributed by atoms with Crippen LogP contribution in [0.25, 0.3) is 0 Å². The first-order valence-corrected chi connectivity index (χ1v) is 6.55. The molecule has 0 fully saturated rings. The smallest absolute Gasteiger partial charge is 0.341 e. The summed E-state index contributed by atoms with van der Waals surface area (Å²) in [4.78, 5) is 13.8. The Kier molecular flexibility index (Phi) is 6.12. The molecule has 0 aliphatic carbocycles. The van der Waals surface area contributed by atoms with E-state index < -0.39 is 5.97 Å². The van der Waals surface area contributed by atoms with Crippen LogP contribution in [0.15, 0.2) is 12.1 Å². The molecule has 1 rings (SSSR count). The summed E-state index contributed by atoms with van der Waals surface area (Å²) in [5, 5.41) is 0.512. The van der Waals surface area contributed by atoms with Gasteiger partial charge < -0.3 is 14.4 Å². The van der Waals surface area contributed by atoms with Gasteiger partial charge in [-0.3, -0.25) is 0 Å². The van der Waals surface area contributed by atoms with Crippen molar-refractivity contribution in [1.82, 2.24) is 4.90 Å². The van der Waals surface area contributed by atoms with E-state index in [0.29, 0.717) is 22.9 Å². The summed E-state index contributed by atoms with van der Waals surface area (Å²) in [5.74, 6) is 0.137. The molecule has 0 aromatic heterocycles. The first kappa shape index (κ1) is 15.8. The third kappa shape index (κ3) is 4.40. The molecule has 0 spiro atoms. The molecule has 0 aliphatic rings. The molecule has 0 unspecified atom stereocenters. The fourth-order valence-corrected chi connectivity index (χ4v) is 2.00. The minimum absolute atomic E-state index is 0.380. The zero-order valence-electron chi connectivity index (χ0n) is 11.8. The molecule has 1 aromatic carbocycles. The van der Waals surface area contributed by atoms with E-state index in [2.05, 4.69) is 4.90 Å². The number of hydrogen-bond donors (Lipinski definition) is 0. The van der Waals surface area contributed by atoms with E-state index in [1.807, 2.05) is 27.1 Å². The molecule has 0 N–H and O–H groups in total. The van der Waals surface area contributed by atoms with Crippen LogP contribution < -0.4 is 4.74 Å². The van der Waals surface area contributed by atoms with Crippen molar-refractivity contribution >= 4 is 17.6 Å². The van der Waals surface area contributed by atoms with Crippen LogP contribution in [-0.2, 0) is 11.2 Å². The van der Waals surface area contributed by atoms with Crippen LogP contribution in [0.5, 0.6) is 5.75 Å². The first-order chi connectivity index (χ1) is 8.99. The molecule has 0 bridgehead atoms. The summed E-state index contributed by atoms with van der Waals surface area (Å²) < 4.78 is 10.4. The molecular formula is C14H20ClNO3. The summed E-state index contributed by atoms with van der Waals surface area (Å²) in [6.07, 6.45) is 0.757. The lowest BCUT2D eigenvalue weighted by atomic mass is 10.1. The van der Waals surface area contributed by atoms with Crippen molar-refractivity contribution in [2.45, 2.75) is 13.3 Å². The Morgan fingerprint density at radius 1 is 1.37 bits per heavy atom. The van der Waals surface area contributed by atoms with Crippen molar-refractivity contribution in [2.75, 3.05) is 34.4 Å². The normalized spacial score (nSPS) is 10.6. The summed E-state index contributed by atoms with van der Waals surface area (Å²) in [7, 11) is 5.33. The molecule has 19 heavy (non-hydrogen) atoms. The minimum Gasteiger partial charge on any atom is -0.493 e. The van der Waals surface area contributed by atoms with E-state index in [-0.39, 0.29) is 0 Å². The molecular weight excluding hydrogens is 266 g/mol. The number of benzene rings is 1. The number of methoxy groups -OCH3 is 1. The van der Waals surface area contributed by atoms with Gasteiger partial charge in [0.1, 0.15) is 11.3 Å². The summed E-state index contributed by atoms with van der Waals surface area (Å²) in [6.45, 7) is 3.22. The van der Waals surface area contributed by atoms with Gasteiger partial charge in [0, 0.05) is 11.6 Å². The average molecular weight is 286 g/mol. The Bertz CT molecular complexity index is 447. The standard InChI is InChI=1S/C14H20ClNO3/c1-5-19-13-10(6-7-16(2)3)8-11(15)9-12(13)14(17)18-4/h8-9H,5-7H2,1-4H3. The van der Waals surface area contributed by atoms with Gasteiger partial charge in [0.05, 0.1) is 13.7 Å². The molecule has 5 heteroatoms. The van der Waals surface area contributed by atoms with Crippen LogP contribution in [0.3, 0.4) is 0 Å². The highest BCUT2D eigenvalue weighted by molar-refractivity contribution is 6.31. The third-order valence-electron chi connectivity index (χ3n) is 2.65. The fraction of sp³-hybridized carbons (Fsp3) is 0.500. The highest BCUT2D eigenvalue weighted by Crippen LogP contribution is 2.29.